The number of nitrogens with zero attached hydrogens (tertiary/aromatic N) is 2. The summed E-state index contributed by atoms with van der Waals surface area (Å²) in [5.41, 5.74) is 2.20. The minimum atomic E-state index is -0.583. The van der Waals surface area contributed by atoms with E-state index in [9.17, 15) is 9.59 Å². The number of hydrogen-bond acceptors (Lipinski definition) is 5. The van der Waals surface area contributed by atoms with Crippen LogP contribution in [0.3, 0.4) is 0 Å². The minimum absolute atomic E-state index is 0.134. The van der Waals surface area contributed by atoms with Gasteiger partial charge in [-0.05, 0) is 24.5 Å². The van der Waals surface area contributed by atoms with Crippen LogP contribution in [0.2, 0.25) is 0 Å². The molecule has 6 nitrogen and oxygen atoms in total. The Labute approximate surface area is 147 Å². The molecule has 3 aliphatic heterocycles. The first-order valence-corrected chi connectivity index (χ1v) is 9.02. The van der Waals surface area contributed by atoms with E-state index in [1.54, 1.807) is 0 Å². The molecule has 3 heterocycles. The van der Waals surface area contributed by atoms with Crippen LogP contribution >= 0.6 is 0 Å². The van der Waals surface area contributed by atoms with Crippen molar-refractivity contribution in [2.45, 2.75) is 44.4 Å². The summed E-state index contributed by atoms with van der Waals surface area (Å²) in [5.74, 6) is 0.166. The molecular formula is C19H24N2O4. The zero-order valence-corrected chi connectivity index (χ0v) is 14.6. The second-order valence-electron chi connectivity index (χ2n) is 7.31. The predicted molar refractivity (Wildman–Crippen MR) is 91.0 cm³/mol. The molecule has 2 fully saturated rings. The molecule has 4 rings (SSSR count). The lowest BCUT2D eigenvalue weighted by Crippen LogP contribution is -2.53. The summed E-state index contributed by atoms with van der Waals surface area (Å²) in [7, 11) is 0. The molecule has 0 aromatic heterocycles. The maximum atomic E-state index is 12.9. The zero-order valence-electron chi connectivity index (χ0n) is 14.6. The van der Waals surface area contributed by atoms with Crippen molar-refractivity contribution in [2.75, 3.05) is 26.2 Å². The molecule has 1 spiro atoms. The molecule has 0 radical (unpaired) electrons. The van der Waals surface area contributed by atoms with Crippen LogP contribution in [0, 0.1) is 0 Å². The molecule has 1 atom stereocenters. The van der Waals surface area contributed by atoms with E-state index in [1.165, 1.54) is 11.1 Å². The molecule has 6 heteroatoms. The lowest BCUT2D eigenvalue weighted by Gasteiger charge is -2.40. The monoisotopic (exact) mass is 344 g/mol. The lowest BCUT2D eigenvalue weighted by atomic mass is 9.92. The second kappa shape index (κ2) is 6.33. The van der Waals surface area contributed by atoms with Crippen LogP contribution in [0.15, 0.2) is 24.3 Å². The largest absolute Gasteiger partial charge is 0.509 e. The van der Waals surface area contributed by atoms with Gasteiger partial charge in [0.2, 0.25) is 5.91 Å². The fourth-order valence-electron chi connectivity index (χ4n) is 4.08. The summed E-state index contributed by atoms with van der Waals surface area (Å²) in [6.45, 7) is 5.28. The highest BCUT2D eigenvalue weighted by Gasteiger charge is 2.46. The van der Waals surface area contributed by atoms with E-state index in [0.717, 1.165) is 19.5 Å². The molecule has 0 bridgehead atoms. The van der Waals surface area contributed by atoms with Crippen molar-refractivity contribution in [3.05, 3.63) is 35.4 Å². The van der Waals surface area contributed by atoms with E-state index >= 15 is 0 Å². The van der Waals surface area contributed by atoms with Crippen LogP contribution in [-0.4, -0.2) is 59.7 Å². The molecule has 2 saturated heterocycles. The third-order valence-corrected chi connectivity index (χ3v) is 5.80. The Kier molecular flexibility index (Phi) is 4.15. The molecule has 0 saturated carbocycles. The van der Waals surface area contributed by atoms with Gasteiger partial charge in [-0.2, -0.15) is 0 Å². The molecule has 0 aliphatic carbocycles. The summed E-state index contributed by atoms with van der Waals surface area (Å²) in [5, 5.41) is 0. The van der Waals surface area contributed by atoms with Crippen LogP contribution in [0.5, 0.6) is 0 Å². The predicted octanol–water partition coefficient (Wildman–Crippen LogP) is 1.96. The van der Waals surface area contributed by atoms with Gasteiger partial charge >= 0.3 is 6.16 Å². The van der Waals surface area contributed by atoms with Gasteiger partial charge in [0.05, 0.1) is 6.04 Å². The highest BCUT2D eigenvalue weighted by molar-refractivity contribution is 5.81. The second-order valence-corrected chi connectivity index (χ2v) is 7.31. The number of carbonyl (C=O) groups excluding carboxylic acids is 2. The van der Waals surface area contributed by atoms with Crippen LogP contribution < -0.4 is 0 Å². The van der Waals surface area contributed by atoms with Crippen molar-refractivity contribution in [1.29, 1.82) is 0 Å². The third kappa shape index (κ3) is 3.11. The molecule has 1 aromatic rings. The Hall–Kier alpha value is -2.08. The molecule has 134 valence electrons. The Morgan fingerprint density at radius 3 is 2.56 bits per heavy atom. The number of fused-ring (bicyclic) bond motifs is 1. The highest BCUT2D eigenvalue weighted by Crippen LogP contribution is 2.32. The number of carbonyl (C=O) groups is 2. The fourth-order valence-corrected chi connectivity index (χ4v) is 4.08. The van der Waals surface area contributed by atoms with Crippen LogP contribution in [0.25, 0.3) is 0 Å². The maximum Gasteiger partial charge on any atom is 0.509 e. The van der Waals surface area contributed by atoms with Gasteiger partial charge in [0.1, 0.15) is 6.61 Å². The van der Waals surface area contributed by atoms with Gasteiger partial charge in [0.25, 0.3) is 0 Å². The number of likely N-dealkylation sites (tertiary alicyclic amines) is 1. The molecule has 0 N–H and O–H groups in total. The average molecular weight is 344 g/mol. The van der Waals surface area contributed by atoms with E-state index < -0.39 is 11.8 Å². The van der Waals surface area contributed by atoms with E-state index in [2.05, 4.69) is 29.2 Å². The Balaban J connectivity index is 1.36. The SMILES string of the molecule is C[C@@H](C(=O)N1CCC2(CC1)COC(=O)O2)N1CCc2ccccc2C1. The summed E-state index contributed by atoms with van der Waals surface area (Å²) >= 11 is 0. The van der Waals surface area contributed by atoms with Crippen molar-refractivity contribution in [3.8, 4) is 0 Å². The summed E-state index contributed by atoms with van der Waals surface area (Å²) in [6, 6.07) is 8.33. The molecular weight excluding hydrogens is 320 g/mol. The first-order chi connectivity index (χ1) is 12.1. The Bertz CT molecular complexity index is 682. The number of hydrogen-bond donors (Lipinski definition) is 0. The smallest absolute Gasteiger partial charge is 0.430 e. The third-order valence-electron chi connectivity index (χ3n) is 5.80. The number of benzene rings is 1. The summed E-state index contributed by atoms with van der Waals surface area (Å²) in [4.78, 5) is 28.3. The number of piperidine rings is 1. The van der Waals surface area contributed by atoms with Crippen molar-refractivity contribution in [2.24, 2.45) is 0 Å². The molecule has 25 heavy (non-hydrogen) atoms. The fraction of sp³-hybridized carbons (Fsp3) is 0.579. The topological polar surface area (TPSA) is 59.1 Å². The molecule has 0 unspecified atom stereocenters. The van der Waals surface area contributed by atoms with Gasteiger partial charge in [0.15, 0.2) is 5.60 Å². The number of amides is 1. The van der Waals surface area contributed by atoms with Gasteiger partial charge in [-0.15, -0.1) is 0 Å². The van der Waals surface area contributed by atoms with Crippen LogP contribution in [0.4, 0.5) is 4.79 Å². The Morgan fingerprint density at radius 1 is 1.16 bits per heavy atom. The highest BCUT2D eigenvalue weighted by atomic mass is 16.8. The maximum absolute atomic E-state index is 12.9. The standard InChI is InChI=1S/C19H24N2O4/c1-14(21-9-6-15-4-2-3-5-16(15)12-21)17(22)20-10-7-19(8-11-20)13-24-18(23)25-19/h2-5,14H,6-13H2,1H3/t14-/m0/s1. The van der Waals surface area contributed by atoms with E-state index in [4.69, 9.17) is 9.47 Å². The Morgan fingerprint density at radius 2 is 1.88 bits per heavy atom. The first kappa shape index (κ1) is 16.4. The van der Waals surface area contributed by atoms with Gasteiger partial charge < -0.3 is 14.4 Å². The molecule has 1 amide bonds. The quantitative estimate of drug-likeness (QED) is 0.768. The number of cyclic esters (lactones) is 1. The first-order valence-electron chi connectivity index (χ1n) is 9.02. The van der Waals surface area contributed by atoms with Gasteiger partial charge in [-0.3, -0.25) is 9.69 Å². The van der Waals surface area contributed by atoms with Crippen molar-refractivity contribution in [1.82, 2.24) is 9.80 Å². The van der Waals surface area contributed by atoms with E-state index in [-0.39, 0.29) is 11.9 Å². The number of ether oxygens (including phenoxy) is 2. The van der Waals surface area contributed by atoms with Crippen LogP contribution in [-0.2, 0) is 27.2 Å². The normalized spacial score (nSPS) is 23.7. The lowest BCUT2D eigenvalue weighted by molar-refractivity contribution is -0.140. The van der Waals surface area contributed by atoms with Crippen LogP contribution in [0.1, 0.15) is 30.9 Å². The van der Waals surface area contributed by atoms with Crippen molar-refractivity contribution < 1.29 is 19.1 Å². The van der Waals surface area contributed by atoms with Crippen molar-refractivity contribution >= 4 is 12.1 Å². The van der Waals surface area contributed by atoms with Gasteiger partial charge in [-0.25, -0.2) is 4.79 Å². The molecule has 1 aromatic carbocycles. The average Bonchev–Trinajstić information content (AvgIpc) is 3.01. The van der Waals surface area contributed by atoms with E-state index in [1.807, 2.05) is 11.8 Å². The van der Waals surface area contributed by atoms with Gasteiger partial charge in [0, 0.05) is 39.0 Å². The summed E-state index contributed by atoms with van der Waals surface area (Å²) in [6.07, 6.45) is 1.71. The van der Waals surface area contributed by atoms with Crippen molar-refractivity contribution in [3.63, 3.8) is 0 Å². The number of rotatable bonds is 2. The summed E-state index contributed by atoms with van der Waals surface area (Å²) < 4.78 is 10.3. The molecule has 3 aliphatic rings. The van der Waals surface area contributed by atoms with Gasteiger partial charge in [-0.1, -0.05) is 24.3 Å². The zero-order chi connectivity index (χ0) is 17.4. The minimum Gasteiger partial charge on any atom is -0.430 e. The van der Waals surface area contributed by atoms with E-state index in [0.29, 0.717) is 32.5 Å².